The van der Waals surface area contributed by atoms with Crippen LogP contribution in [0, 0.1) is 5.82 Å². The summed E-state index contributed by atoms with van der Waals surface area (Å²) in [5.74, 6) is -0.756. The number of carbonyl (C=O) groups excluding carboxylic acids is 1. The minimum absolute atomic E-state index is 0.293. The number of thiazole rings is 1. The van der Waals surface area contributed by atoms with Crippen LogP contribution in [0.15, 0.2) is 54.0 Å². The van der Waals surface area contributed by atoms with Crippen molar-refractivity contribution in [2.24, 2.45) is 0 Å². The molecule has 0 saturated heterocycles. The zero-order valence-electron chi connectivity index (χ0n) is 11.5. The van der Waals surface area contributed by atoms with Crippen LogP contribution in [0.1, 0.15) is 15.4 Å². The molecule has 1 aromatic carbocycles. The zero-order valence-corrected chi connectivity index (χ0v) is 12.3. The highest BCUT2D eigenvalue weighted by Crippen LogP contribution is 2.19. The molecule has 6 heteroatoms. The van der Waals surface area contributed by atoms with Gasteiger partial charge in [-0.15, -0.1) is 11.3 Å². The normalized spacial score (nSPS) is 10.4. The number of nitrogens with zero attached hydrogens (tertiary/aromatic N) is 2. The lowest BCUT2D eigenvalue weighted by molar-refractivity contribution is 0.0950. The summed E-state index contributed by atoms with van der Waals surface area (Å²) in [7, 11) is 0. The van der Waals surface area contributed by atoms with Gasteiger partial charge in [0.05, 0.1) is 17.9 Å². The Labute approximate surface area is 130 Å². The first-order valence-electron chi connectivity index (χ1n) is 6.62. The number of halogens is 1. The highest BCUT2D eigenvalue weighted by Gasteiger charge is 2.09. The first-order chi connectivity index (χ1) is 10.7. The maximum absolute atomic E-state index is 13.1. The Hall–Kier alpha value is -2.60. The van der Waals surface area contributed by atoms with Crippen molar-refractivity contribution in [3.63, 3.8) is 0 Å². The third kappa shape index (κ3) is 3.35. The van der Waals surface area contributed by atoms with E-state index in [1.54, 1.807) is 12.3 Å². The van der Waals surface area contributed by atoms with Gasteiger partial charge in [-0.3, -0.25) is 9.78 Å². The van der Waals surface area contributed by atoms with Gasteiger partial charge in [0.2, 0.25) is 0 Å². The van der Waals surface area contributed by atoms with Crippen LogP contribution in [0.25, 0.3) is 11.4 Å². The molecule has 0 spiro atoms. The molecule has 0 aliphatic heterocycles. The molecule has 2 heterocycles. The maximum atomic E-state index is 13.1. The molecule has 0 radical (unpaired) electrons. The van der Waals surface area contributed by atoms with E-state index in [1.165, 1.54) is 29.5 Å². The second-order valence-corrected chi connectivity index (χ2v) is 5.48. The van der Waals surface area contributed by atoms with Gasteiger partial charge in [-0.05, 0) is 30.3 Å². The Kier molecular flexibility index (Phi) is 4.20. The van der Waals surface area contributed by atoms with E-state index in [4.69, 9.17) is 0 Å². The van der Waals surface area contributed by atoms with Crippen LogP contribution >= 0.6 is 11.3 Å². The highest BCUT2D eigenvalue weighted by molar-refractivity contribution is 7.09. The summed E-state index contributed by atoms with van der Waals surface area (Å²) in [5.41, 5.74) is 1.86. The van der Waals surface area contributed by atoms with E-state index in [9.17, 15) is 9.18 Å². The van der Waals surface area contributed by atoms with Crippen molar-refractivity contribution in [2.45, 2.75) is 6.54 Å². The Bertz CT molecular complexity index is 789. The lowest BCUT2D eigenvalue weighted by Gasteiger charge is -2.03. The number of aromatic nitrogens is 2. The number of hydrogen-bond donors (Lipinski definition) is 1. The summed E-state index contributed by atoms with van der Waals surface area (Å²) in [6.07, 6.45) is 1.71. The second kappa shape index (κ2) is 6.44. The number of carbonyl (C=O) groups is 1. The van der Waals surface area contributed by atoms with Crippen LogP contribution in [0.3, 0.4) is 0 Å². The molecule has 3 aromatic rings. The molecular formula is C16H12FN3OS. The fourth-order valence-electron chi connectivity index (χ4n) is 1.91. The van der Waals surface area contributed by atoms with E-state index < -0.39 is 5.82 Å². The van der Waals surface area contributed by atoms with Crippen LogP contribution in [0.5, 0.6) is 0 Å². The summed E-state index contributed by atoms with van der Waals surface area (Å²) in [5, 5.41) is 5.39. The lowest BCUT2D eigenvalue weighted by Crippen LogP contribution is -2.22. The van der Waals surface area contributed by atoms with Crippen molar-refractivity contribution < 1.29 is 9.18 Å². The Morgan fingerprint density at radius 1 is 1.18 bits per heavy atom. The Morgan fingerprint density at radius 2 is 2.09 bits per heavy atom. The Balaban J connectivity index is 1.65. The standard InChI is InChI=1S/C16H12FN3OS/c17-12-5-3-4-11(8-12)16(21)19-9-15-20-14(10-22-15)13-6-1-2-7-18-13/h1-8,10H,9H2,(H,19,21). The summed E-state index contributed by atoms with van der Waals surface area (Å²) in [6.45, 7) is 0.298. The summed E-state index contributed by atoms with van der Waals surface area (Å²) in [6, 6.07) is 11.2. The van der Waals surface area contributed by atoms with Gasteiger partial charge in [0.1, 0.15) is 10.8 Å². The molecule has 0 aliphatic carbocycles. The smallest absolute Gasteiger partial charge is 0.251 e. The number of hydrogen-bond acceptors (Lipinski definition) is 4. The number of rotatable bonds is 4. The third-order valence-electron chi connectivity index (χ3n) is 2.97. The average molecular weight is 313 g/mol. The largest absolute Gasteiger partial charge is 0.346 e. The highest BCUT2D eigenvalue weighted by atomic mass is 32.1. The van der Waals surface area contributed by atoms with Crippen molar-refractivity contribution in [1.29, 1.82) is 0 Å². The molecule has 3 rings (SSSR count). The van der Waals surface area contributed by atoms with Crippen LogP contribution in [-0.2, 0) is 6.54 Å². The molecular weight excluding hydrogens is 301 g/mol. The first kappa shape index (κ1) is 14.3. The number of amides is 1. The van der Waals surface area contributed by atoms with E-state index in [-0.39, 0.29) is 5.91 Å². The van der Waals surface area contributed by atoms with Crippen LogP contribution in [0.2, 0.25) is 0 Å². The predicted molar refractivity (Wildman–Crippen MR) is 82.9 cm³/mol. The molecule has 0 saturated carbocycles. The van der Waals surface area contributed by atoms with Crippen molar-refractivity contribution in [3.05, 3.63) is 70.4 Å². The van der Waals surface area contributed by atoms with E-state index in [1.807, 2.05) is 23.6 Å². The molecule has 22 heavy (non-hydrogen) atoms. The quantitative estimate of drug-likeness (QED) is 0.804. The fraction of sp³-hybridized carbons (Fsp3) is 0.0625. The van der Waals surface area contributed by atoms with Crippen molar-refractivity contribution in [1.82, 2.24) is 15.3 Å². The molecule has 0 aliphatic rings. The summed E-state index contributed by atoms with van der Waals surface area (Å²) >= 11 is 1.44. The van der Waals surface area contributed by atoms with E-state index in [0.717, 1.165) is 16.4 Å². The average Bonchev–Trinajstić information content (AvgIpc) is 3.02. The van der Waals surface area contributed by atoms with Gasteiger partial charge in [0, 0.05) is 17.1 Å². The molecule has 110 valence electrons. The van der Waals surface area contributed by atoms with Crippen molar-refractivity contribution in [2.75, 3.05) is 0 Å². The van der Waals surface area contributed by atoms with Gasteiger partial charge in [-0.25, -0.2) is 9.37 Å². The molecule has 0 unspecified atom stereocenters. The topological polar surface area (TPSA) is 54.9 Å². The number of pyridine rings is 1. The lowest BCUT2D eigenvalue weighted by atomic mass is 10.2. The third-order valence-corrected chi connectivity index (χ3v) is 3.81. The predicted octanol–water partition coefficient (Wildman–Crippen LogP) is 3.27. The summed E-state index contributed by atoms with van der Waals surface area (Å²) in [4.78, 5) is 20.6. The van der Waals surface area contributed by atoms with Gasteiger partial charge >= 0.3 is 0 Å². The van der Waals surface area contributed by atoms with E-state index >= 15 is 0 Å². The van der Waals surface area contributed by atoms with Gasteiger partial charge in [0.25, 0.3) is 5.91 Å². The fourth-order valence-corrected chi connectivity index (χ4v) is 2.64. The first-order valence-corrected chi connectivity index (χ1v) is 7.50. The molecule has 0 fully saturated rings. The second-order valence-electron chi connectivity index (χ2n) is 4.53. The molecule has 4 nitrogen and oxygen atoms in total. The molecule has 1 amide bonds. The minimum atomic E-state index is -0.431. The monoisotopic (exact) mass is 313 g/mol. The summed E-state index contributed by atoms with van der Waals surface area (Å²) < 4.78 is 13.1. The van der Waals surface area contributed by atoms with Crippen molar-refractivity contribution in [3.8, 4) is 11.4 Å². The van der Waals surface area contributed by atoms with Crippen LogP contribution < -0.4 is 5.32 Å². The van der Waals surface area contributed by atoms with Crippen LogP contribution in [0.4, 0.5) is 4.39 Å². The van der Waals surface area contributed by atoms with Gasteiger partial charge in [-0.1, -0.05) is 12.1 Å². The number of benzene rings is 1. The molecule has 1 N–H and O–H groups in total. The minimum Gasteiger partial charge on any atom is -0.346 e. The van der Waals surface area contributed by atoms with Crippen LogP contribution in [-0.4, -0.2) is 15.9 Å². The maximum Gasteiger partial charge on any atom is 0.251 e. The Morgan fingerprint density at radius 3 is 2.86 bits per heavy atom. The molecule has 0 atom stereocenters. The number of nitrogens with one attached hydrogen (secondary N) is 1. The molecule has 0 bridgehead atoms. The van der Waals surface area contributed by atoms with Gasteiger partial charge < -0.3 is 5.32 Å². The van der Waals surface area contributed by atoms with Gasteiger partial charge in [0.15, 0.2) is 0 Å². The SMILES string of the molecule is O=C(NCc1nc(-c2ccccn2)cs1)c1cccc(F)c1. The zero-order chi connectivity index (χ0) is 15.4. The van der Waals surface area contributed by atoms with Crippen molar-refractivity contribution >= 4 is 17.2 Å². The van der Waals surface area contributed by atoms with E-state index in [2.05, 4.69) is 15.3 Å². The molecule has 2 aromatic heterocycles. The van der Waals surface area contributed by atoms with Gasteiger partial charge in [-0.2, -0.15) is 0 Å². The van der Waals surface area contributed by atoms with E-state index in [0.29, 0.717) is 12.1 Å².